The van der Waals surface area contributed by atoms with Crippen LogP contribution in [0.5, 0.6) is 0 Å². The molecular weight excluding hydrogens is 561 g/mol. The highest BCUT2D eigenvalue weighted by molar-refractivity contribution is 6.35. The summed E-state index contributed by atoms with van der Waals surface area (Å²) in [6.45, 7) is 0.436. The first-order chi connectivity index (χ1) is 18.5. The number of pyridine rings is 2. The molecule has 1 amide bonds. The van der Waals surface area contributed by atoms with Crippen LogP contribution in [0.2, 0.25) is 10.0 Å². The van der Waals surface area contributed by atoms with Crippen molar-refractivity contribution >= 4 is 40.6 Å². The number of carbonyl (C=O) groups excluding carboxylic acids is 1. The predicted molar refractivity (Wildman–Crippen MR) is 136 cm³/mol. The Morgan fingerprint density at radius 3 is 2.62 bits per heavy atom. The summed E-state index contributed by atoms with van der Waals surface area (Å²) in [5.41, 5.74) is 0.930. The van der Waals surface area contributed by atoms with Gasteiger partial charge in [-0.25, -0.2) is 19.0 Å². The van der Waals surface area contributed by atoms with Crippen molar-refractivity contribution in [3.05, 3.63) is 81.5 Å². The molecule has 198 valence electrons. The number of nitrogens with zero attached hydrogens (tertiary/aromatic N) is 6. The van der Waals surface area contributed by atoms with Gasteiger partial charge in [0.25, 0.3) is 11.7 Å². The smallest absolute Gasteiger partial charge is 0.346 e. The van der Waals surface area contributed by atoms with Gasteiger partial charge in [-0.05, 0) is 24.3 Å². The first kappa shape index (κ1) is 26.4. The lowest BCUT2D eigenvalue weighted by molar-refractivity contribution is -0.145. The van der Waals surface area contributed by atoms with E-state index in [2.05, 4.69) is 31.3 Å². The SMILES string of the molecule is C#Cc1cnccc1-c1cc(Cl)c(C(=O)Nc2cnc(N3CCn4nc(C(F)(F)F)nc4C3)c(Cl)c2)cc1F. The summed E-state index contributed by atoms with van der Waals surface area (Å²) in [7, 11) is 0. The first-order valence-electron chi connectivity index (χ1n) is 11.2. The van der Waals surface area contributed by atoms with Gasteiger partial charge in [0.2, 0.25) is 0 Å². The number of nitrogens with one attached hydrogen (secondary N) is 1. The number of hydrogen-bond donors (Lipinski definition) is 1. The minimum Gasteiger partial charge on any atom is -0.346 e. The second-order valence-electron chi connectivity index (χ2n) is 8.36. The van der Waals surface area contributed by atoms with Crippen LogP contribution in [-0.2, 0) is 19.3 Å². The van der Waals surface area contributed by atoms with Crippen molar-refractivity contribution in [2.45, 2.75) is 19.3 Å². The summed E-state index contributed by atoms with van der Waals surface area (Å²) in [6, 6.07) is 5.25. The van der Waals surface area contributed by atoms with Crippen molar-refractivity contribution in [2.75, 3.05) is 16.8 Å². The molecule has 0 saturated carbocycles. The molecule has 0 bridgehead atoms. The van der Waals surface area contributed by atoms with Gasteiger partial charge in [-0.3, -0.25) is 9.78 Å². The quantitative estimate of drug-likeness (QED) is 0.257. The van der Waals surface area contributed by atoms with Gasteiger partial charge < -0.3 is 10.2 Å². The summed E-state index contributed by atoms with van der Waals surface area (Å²) in [6.07, 6.45) is 5.01. The van der Waals surface area contributed by atoms with E-state index in [9.17, 15) is 22.4 Å². The molecule has 1 N–H and O–H groups in total. The lowest BCUT2D eigenvalue weighted by atomic mass is 10.00. The van der Waals surface area contributed by atoms with Gasteiger partial charge in [0.15, 0.2) is 0 Å². The number of carbonyl (C=O) groups is 1. The van der Waals surface area contributed by atoms with Gasteiger partial charge in [0.05, 0.1) is 46.1 Å². The molecule has 1 aliphatic heterocycles. The molecule has 4 aromatic rings. The average molecular weight is 576 g/mol. The largest absolute Gasteiger partial charge is 0.453 e. The molecule has 3 aromatic heterocycles. The topological polar surface area (TPSA) is 88.8 Å². The maximum Gasteiger partial charge on any atom is 0.453 e. The van der Waals surface area contributed by atoms with Gasteiger partial charge in [-0.1, -0.05) is 29.1 Å². The molecule has 0 aliphatic carbocycles. The van der Waals surface area contributed by atoms with Gasteiger partial charge in [0, 0.05) is 30.1 Å². The third-order valence-corrected chi connectivity index (χ3v) is 6.45. The number of rotatable bonds is 4. The highest BCUT2D eigenvalue weighted by Crippen LogP contribution is 2.33. The van der Waals surface area contributed by atoms with Crippen molar-refractivity contribution in [2.24, 2.45) is 0 Å². The Morgan fingerprint density at radius 1 is 1.10 bits per heavy atom. The van der Waals surface area contributed by atoms with Crippen LogP contribution in [0, 0.1) is 18.2 Å². The zero-order valence-corrected chi connectivity index (χ0v) is 21.1. The Hall–Kier alpha value is -4.21. The highest BCUT2D eigenvalue weighted by atomic mass is 35.5. The summed E-state index contributed by atoms with van der Waals surface area (Å²) < 4.78 is 55.0. The van der Waals surface area contributed by atoms with Crippen molar-refractivity contribution in [1.29, 1.82) is 0 Å². The number of benzene rings is 1. The third kappa shape index (κ3) is 5.23. The molecule has 0 fully saturated rings. The number of anilines is 2. The second kappa shape index (κ2) is 10.2. The number of hydrogen-bond acceptors (Lipinski definition) is 6. The predicted octanol–water partition coefficient (Wildman–Crippen LogP) is 5.45. The van der Waals surface area contributed by atoms with E-state index in [-0.39, 0.29) is 58.1 Å². The maximum atomic E-state index is 15.0. The molecule has 8 nitrogen and oxygen atoms in total. The van der Waals surface area contributed by atoms with Gasteiger partial charge >= 0.3 is 6.18 Å². The monoisotopic (exact) mass is 575 g/mol. The zero-order valence-electron chi connectivity index (χ0n) is 19.6. The Kier molecular flexibility index (Phi) is 6.88. The fraction of sp³-hybridized carbons (Fsp3) is 0.160. The molecule has 5 rings (SSSR count). The molecule has 1 aliphatic rings. The number of terminal acetylenes is 1. The van der Waals surface area contributed by atoms with Crippen LogP contribution in [0.3, 0.4) is 0 Å². The molecular formula is C25H15Cl2F4N7O. The lowest BCUT2D eigenvalue weighted by Crippen LogP contribution is -2.35. The summed E-state index contributed by atoms with van der Waals surface area (Å²) >= 11 is 12.7. The molecule has 0 atom stereocenters. The molecule has 4 heterocycles. The fourth-order valence-electron chi connectivity index (χ4n) is 4.04. The van der Waals surface area contributed by atoms with E-state index in [1.807, 2.05) is 0 Å². The van der Waals surface area contributed by atoms with E-state index in [1.54, 1.807) is 11.0 Å². The van der Waals surface area contributed by atoms with E-state index in [4.69, 9.17) is 29.6 Å². The van der Waals surface area contributed by atoms with Crippen LogP contribution in [0.4, 0.5) is 29.1 Å². The van der Waals surface area contributed by atoms with Crippen LogP contribution < -0.4 is 10.2 Å². The van der Waals surface area contributed by atoms with E-state index in [1.165, 1.54) is 35.4 Å². The fourth-order valence-corrected chi connectivity index (χ4v) is 4.57. The standard InChI is InChI=1S/C25H15Cl2F4N7O/c1-2-13-10-32-4-3-15(13)16-8-18(26)17(9-20(16)28)23(39)34-14-7-19(27)22(33-11-14)37-5-6-38-21(12-37)35-24(36-38)25(29,30)31/h1,3-4,7-11H,5-6,12H2,(H,34,39). The third-order valence-electron chi connectivity index (χ3n) is 5.86. The van der Waals surface area contributed by atoms with Crippen LogP contribution in [-0.4, -0.2) is 37.2 Å². The van der Waals surface area contributed by atoms with Gasteiger partial charge in [-0.2, -0.15) is 13.2 Å². The molecule has 14 heteroatoms. The number of aromatic nitrogens is 5. The first-order valence-corrected chi connectivity index (χ1v) is 11.9. The Labute approximate surface area is 228 Å². The van der Waals surface area contributed by atoms with Crippen LogP contribution in [0.15, 0.2) is 42.9 Å². The maximum absolute atomic E-state index is 15.0. The summed E-state index contributed by atoms with van der Waals surface area (Å²) in [5.74, 6) is 0.187. The number of halogens is 6. The second-order valence-corrected chi connectivity index (χ2v) is 9.17. The Bertz CT molecular complexity index is 1650. The minimum atomic E-state index is -4.65. The lowest BCUT2D eigenvalue weighted by Gasteiger charge is -2.28. The van der Waals surface area contributed by atoms with Crippen LogP contribution >= 0.6 is 23.2 Å². The Morgan fingerprint density at radius 2 is 1.90 bits per heavy atom. The van der Waals surface area contributed by atoms with Crippen LogP contribution in [0.25, 0.3) is 11.1 Å². The number of amides is 1. The zero-order chi connectivity index (χ0) is 27.9. The number of alkyl halides is 3. The van der Waals surface area contributed by atoms with Gasteiger partial charge in [-0.15, -0.1) is 11.5 Å². The van der Waals surface area contributed by atoms with E-state index in [0.717, 1.165) is 6.07 Å². The summed E-state index contributed by atoms with van der Waals surface area (Å²) in [5, 5.41) is 6.17. The van der Waals surface area contributed by atoms with Crippen molar-refractivity contribution in [1.82, 2.24) is 24.7 Å². The molecule has 0 saturated heterocycles. The normalized spacial score (nSPS) is 13.1. The van der Waals surface area contributed by atoms with Crippen molar-refractivity contribution < 1.29 is 22.4 Å². The van der Waals surface area contributed by atoms with E-state index in [0.29, 0.717) is 11.1 Å². The molecule has 1 aromatic carbocycles. The Balaban J connectivity index is 1.33. The minimum absolute atomic E-state index is 0.00159. The van der Waals surface area contributed by atoms with Crippen molar-refractivity contribution in [3.8, 4) is 23.5 Å². The highest BCUT2D eigenvalue weighted by Gasteiger charge is 2.38. The van der Waals surface area contributed by atoms with Gasteiger partial charge in [0.1, 0.15) is 17.5 Å². The van der Waals surface area contributed by atoms with Crippen LogP contribution in [0.1, 0.15) is 27.6 Å². The summed E-state index contributed by atoms with van der Waals surface area (Å²) in [4.78, 5) is 26.3. The molecule has 39 heavy (non-hydrogen) atoms. The molecule has 0 radical (unpaired) electrons. The molecule has 0 unspecified atom stereocenters. The van der Waals surface area contributed by atoms with Crippen molar-refractivity contribution in [3.63, 3.8) is 0 Å². The number of fused-ring (bicyclic) bond motifs is 1. The molecule has 0 spiro atoms. The average Bonchev–Trinajstić information content (AvgIpc) is 3.34. The van der Waals surface area contributed by atoms with E-state index < -0.39 is 23.7 Å². The van der Waals surface area contributed by atoms with E-state index >= 15 is 0 Å².